The summed E-state index contributed by atoms with van der Waals surface area (Å²) in [6.07, 6.45) is 0. The molecule has 0 unspecified atom stereocenters. The summed E-state index contributed by atoms with van der Waals surface area (Å²) in [6, 6.07) is 20.0. The Balaban J connectivity index is 1.73. The van der Waals surface area contributed by atoms with Crippen LogP contribution in [0.3, 0.4) is 0 Å². The second-order valence-electron chi connectivity index (χ2n) is 10.4. The van der Waals surface area contributed by atoms with Crippen LogP contribution in [0, 0.1) is 0 Å². The number of rotatable bonds is 1. The van der Waals surface area contributed by atoms with Gasteiger partial charge in [-0.05, 0) is 61.3 Å². The van der Waals surface area contributed by atoms with Crippen molar-refractivity contribution in [2.24, 2.45) is 0 Å². The van der Waals surface area contributed by atoms with Crippen LogP contribution in [0.25, 0.3) is 31.3 Å². The van der Waals surface area contributed by atoms with Crippen molar-refractivity contribution in [1.29, 1.82) is 0 Å². The van der Waals surface area contributed by atoms with Crippen molar-refractivity contribution in [3.63, 3.8) is 0 Å². The zero-order valence-electron chi connectivity index (χ0n) is 19.0. The third kappa shape index (κ3) is 2.47. The highest BCUT2D eigenvalue weighted by Gasteiger charge is 2.53. The minimum Gasteiger partial charge on any atom is -0.399 e. The van der Waals surface area contributed by atoms with E-state index in [4.69, 9.17) is 9.31 Å². The molecule has 6 rings (SSSR count). The van der Waals surface area contributed by atoms with Crippen molar-refractivity contribution in [2.45, 2.75) is 58.2 Å². The lowest BCUT2D eigenvalue weighted by atomic mass is 9.72. The summed E-state index contributed by atoms with van der Waals surface area (Å²) in [5.74, 6) is 0. The molecule has 4 aromatic rings. The molecule has 31 heavy (non-hydrogen) atoms. The Morgan fingerprint density at radius 1 is 0.774 bits per heavy atom. The fourth-order valence-corrected chi connectivity index (χ4v) is 6.54. The second kappa shape index (κ2) is 6.01. The molecule has 1 saturated heterocycles. The molecule has 1 aliphatic carbocycles. The molecule has 3 aromatic carbocycles. The van der Waals surface area contributed by atoms with Gasteiger partial charge in [-0.1, -0.05) is 62.4 Å². The van der Waals surface area contributed by atoms with Gasteiger partial charge in [0.25, 0.3) is 0 Å². The third-order valence-electron chi connectivity index (χ3n) is 7.73. The Bertz CT molecular complexity index is 1360. The lowest BCUT2D eigenvalue weighted by Crippen LogP contribution is -2.41. The van der Waals surface area contributed by atoms with E-state index in [1.807, 2.05) is 11.3 Å². The first-order valence-electron chi connectivity index (χ1n) is 11.1. The molecule has 1 aliphatic heterocycles. The van der Waals surface area contributed by atoms with Crippen LogP contribution in [0.1, 0.15) is 52.7 Å². The topological polar surface area (TPSA) is 18.5 Å². The van der Waals surface area contributed by atoms with E-state index in [0.29, 0.717) is 0 Å². The van der Waals surface area contributed by atoms with E-state index in [9.17, 15) is 0 Å². The molecule has 1 fully saturated rings. The molecule has 0 amide bonds. The summed E-state index contributed by atoms with van der Waals surface area (Å²) >= 11 is 1.89. The molecule has 1 aromatic heterocycles. The van der Waals surface area contributed by atoms with Crippen molar-refractivity contribution in [1.82, 2.24) is 0 Å². The minimum atomic E-state index is -0.379. The summed E-state index contributed by atoms with van der Waals surface area (Å²) in [5, 5.41) is 2.57. The first kappa shape index (κ1) is 19.5. The van der Waals surface area contributed by atoms with Crippen molar-refractivity contribution in [2.75, 3.05) is 0 Å². The highest BCUT2D eigenvalue weighted by molar-refractivity contribution is 7.26. The first-order chi connectivity index (χ1) is 14.6. The van der Waals surface area contributed by atoms with Crippen molar-refractivity contribution < 1.29 is 9.31 Å². The van der Waals surface area contributed by atoms with Crippen LogP contribution < -0.4 is 5.46 Å². The number of benzene rings is 3. The van der Waals surface area contributed by atoms with Gasteiger partial charge in [0, 0.05) is 25.8 Å². The highest BCUT2D eigenvalue weighted by atomic mass is 32.1. The molecule has 0 bridgehead atoms. The van der Waals surface area contributed by atoms with Crippen molar-refractivity contribution >= 4 is 44.1 Å². The zero-order valence-corrected chi connectivity index (χ0v) is 19.8. The van der Waals surface area contributed by atoms with Crippen LogP contribution in [0.4, 0.5) is 0 Å². The van der Waals surface area contributed by atoms with E-state index < -0.39 is 0 Å². The van der Waals surface area contributed by atoms with Crippen LogP contribution in [0.2, 0.25) is 0 Å². The number of fused-ring (bicyclic) bond motifs is 7. The lowest BCUT2D eigenvalue weighted by Gasteiger charge is -2.32. The Morgan fingerprint density at radius 3 is 2.16 bits per heavy atom. The minimum absolute atomic E-state index is 0.0608. The van der Waals surface area contributed by atoms with E-state index >= 15 is 0 Å². The van der Waals surface area contributed by atoms with Gasteiger partial charge in [-0.25, -0.2) is 0 Å². The lowest BCUT2D eigenvalue weighted by molar-refractivity contribution is 0.00578. The molecule has 4 heteroatoms. The predicted octanol–water partition coefficient (Wildman–Crippen LogP) is 6.66. The van der Waals surface area contributed by atoms with E-state index in [-0.39, 0.29) is 23.7 Å². The van der Waals surface area contributed by atoms with Gasteiger partial charge in [0.1, 0.15) is 0 Å². The third-order valence-corrected chi connectivity index (χ3v) is 8.92. The van der Waals surface area contributed by atoms with Crippen molar-refractivity contribution in [3.05, 3.63) is 65.7 Å². The van der Waals surface area contributed by atoms with Gasteiger partial charge in [0.05, 0.1) is 11.2 Å². The molecule has 0 atom stereocenters. The van der Waals surface area contributed by atoms with Crippen LogP contribution in [0.15, 0.2) is 54.6 Å². The maximum atomic E-state index is 6.56. The monoisotopic (exact) mass is 426 g/mol. The highest BCUT2D eigenvalue weighted by Crippen LogP contribution is 2.53. The van der Waals surface area contributed by atoms with E-state index in [0.717, 1.165) is 5.46 Å². The fraction of sp³-hybridized carbons (Fsp3) is 0.333. The van der Waals surface area contributed by atoms with Gasteiger partial charge in [-0.15, -0.1) is 11.3 Å². The van der Waals surface area contributed by atoms with Gasteiger partial charge in [-0.3, -0.25) is 0 Å². The summed E-state index contributed by atoms with van der Waals surface area (Å²) in [6.45, 7) is 13.2. The molecular weight excluding hydrogens is 399 g/mol. The molecular formula is C27H27BO2S. The van der Waals surface area contributed by atoms with Gasteiger partial charge >= 0.3 is 7.12 Å². The largest absolute Gasteiger partial charge is 0.495 e. The van der Waals surface area contributed by atoms with E-state index in [1.165, 1.54) is 42.4 Å². The maximum absolute atomic E-state index is 6.56. The van der Waals surface area contributed by atoms with E-state index in [2.05, 4.69) is 96.1 Å². The average Bonchev–Trinajstić information content (AvgIpc) is 3.28. The Morgan fingerprint density at radius 2 is 1.42 bits per heavy atom. The van der Waals surface area contributed by atoms with Crippen molar-refractivity contribution in [3.8, 4) is 11.1 Å². The van der Waals surface area contributed by atoms with Gasteiger partial charge in [0.15, 0.2) is 0 Å². The van der Waals surface area contributed by atoms with Crippen LogP contribution in [-0.4, -0.2) is 18.3 Å². The summed E-state index contributed by atoms with van der Waals surface area (Å²) in [7, 11) is -0.379. The molecule has 0 spiro atoms. The fourth-order valence-electron chi connectivity index (χ4n) is 5.24. The Labute approximate surface area is 188 Å². The molecule has 0 radical (unpaired) electrons. The average molecular weight is 426 g/mol. The number of hydrogen-bond donors (Lipinski definition) is 0. The van der Waals surface area contributed by atoms with Crippen LogP contribution in [0.5, 0.6) is 0 Å². The second-order valence-corrected chi connectivity index (χ2v) is 11.5. The Hall–Kier alpha value is -2.14. The molecule has 156 valence electrons. The quantitative estimate of drug-likeness (QED) is 0.317. The first-order valence-corrected chi connectivity index (χ1v) is 11.9. The SMILES string of the molecule is CC1(C)c2ccccc2-c2c1cc(B1OC(C)(C)C(C)(C)O1)c1c2sc2ccccc21. The molecule has 2 nitrogen and oxygen atoms in total. The normalized spacial score (nSPS) is 20.4. The standard InChI is InChI=1S/C27H27BO2S/c1-25(2)18-13-9-7-11-16(18)22-19(25)15-20(28-29-26(3,4)27(5,6)30-28)23-17-12-8-10-14-21(17)31-24(22)23/h7-15H,1-6H3. The van der Waals surface area contributed by atoms with Gasteiger partial charge in [0.2, 0.25) is 0 Å². The summed E-state index contributed by atoms with van der Waals surface area (Å²) < 4.78 is 15.8. The smallest absolute Gasteiger partial charge is 0.399 e. The predicted molar refractivity (Wildman–Crippen MR) is 133 cm³/mol. The van der Waals surface area contributed by atoms with Gasteiger partial charge in [-0.2, -0.15) is 0 Å². The van der Waals surface area contributed by atoms with Gasteiger partial charge < -0.3 is 9.31 Å². The number of hydrogen-bond acceptors (Lipinski definition) is 3. The molecule has 0 saturated carbocycles. The summed E-state index contributed by atoms with van der Waals surface area (Å²) in [5.41, 5.74) is 5.88. The molecule has 2 heterocycles. The molecule has 2 aliphatic rings. The number of thiophene rings is 1. The Kier molecular flexibility index (Phi) is 3.79. The van der Waals surface area contributed by atoms with Crippen LogP contribution in [-0.2, 0) is 14.7 Å². The van der Waals surface area contributed by atoms with Crippen LogP contribution >= 0.6 is 11.3 Å². The molecule has 0 N–H and O–H groups in total. The van der Waals surface area contributed by atoms with E-state index in [1.54, 1.807) is 0 Å². The maximum Gasteiger partial charge on any atom is 0.495 e. The summed E-state index contributed by atoms with van der Waals surface area (Å²) in [4.78, 5) is 0. The zero-order chi connectivity index (χ0) is 21.8.